The third-order valence-electron chi connectivity index (χ3n) is 4.03. The number of halogens is 4. The van der Waals surface area contributed by atoms with Crippen LogP contribution >= 0.6 is 90.4 Å². The molecule has 1 unspecified atom stereocenters. The SMILES string of the molecule is NCCCCNC(Cc1cc(I)c(Oc2cc(I)c(O)c(I)c2)c(I)c1)C(=O)O. The average Bonchev–Trinajstić information content (AvgIpc) is 2.65. The first-order valence-electron chi connectivity index (χ1n) is 8.73. The number of hydrogen-bond acceptors (Lipinski definition) is 5. The van der Waals surface area contributed by atoms with Crippen molar-refractivity contribution in [3.8, 4) is 17.2 Å². The van der Waals surface area contributed by atoms with E-state index in [1.165, 1.54) is 0 Å². The van der Waals surface area contributed by atoms with Crippen LogP contribution in [0.1, 0.15) is 18.4 Å². The molecule has 0 heterocycles. The predicted octanol–water partition coefficient (Wildman–Crippen LogP) is 4.93. The van der Waals surface area contributed by atoms with Gasteiger partial charge in [-0.1, -0.05) is 0 Å². The summed E-state index contributed by atoms with van der Waals surface area (Å²) in [4.78, 5) is 11.6. The van der Waals surface area contributed by atoms with Crippen LogP contribution in [0.5, 0.6) is 17.2 Å². The third-order valence-corrected chi connectivity index (χ3v) is 7.28. The van der Waals surface area contributed by atoms with Crippen LogP contribution < -0.4 is 15.8 Å². The lowest BCUT2D eigenvalue weighted by atomic mass is 10.1. The summed E-state index contributed by atoms with van der Waals surface area (Å²) in [6.07, 6.45) is 2.11. The Kier molecular flexibility index (Phi) is 11.0. The van der Waals surface area contributed by atoms with E-state index in [1.54, 1.807) is 12.1 Å². The maximum atomic E-state index is 11.6. The van der Waals surface area contributed by atoms with Crippen LogP contribution in [0.25, 0.3) is 0 Å². The molecule has 0 aromatic heterocycles. The Morgan fingerprint density at radius 1 is 1.03 bits per heavy atom. The number of aliphatic carboxylic acids is 1. The molecule has 6 nitrogen and oxygen atoms in total. The molecule has 0 amide bonds. The number of ether oxygens (including phenoxy) is 1. The fourth-order valence-corrected chi connectivity index (χ4v) is 6.40. The van der Waals surface area contributed by atoms with E-state index < -0.39 is 12.0 Å². The zero-order valence-corrected chi connectivity index (χ0v) is 23.9. The van der Waals surface area contributed by atoms with Gasteiger partial charge in [0, 0.05) is 0 Å². The zero-order valence-electron chi connectivity index (χ0n) is 15.2. The number of nitrogens with one attached hydrogen (secondary N) is 1. The Morgan fingerprint density at radius 3 is 2.14 bits per heavy atom. The lowest BCUT2D eigenvalue weighted by Gasteiger charge is -2.17. The molecule has 0 saturated carbocycles. The Bertz CT molecular complexity index is 833. The van der Waals surface area contributed by atoms with E-state index in [1.807, 2.05) is 12.1 Å². The lowest BCUT2D eigenvalue weighted by molar-refractivity contribution is -0.139. The number of carboxylic acid groups (broad SMARTS) is 1. The molecule has 0 spiro atoms. The summed E-state index contributed by atoms with van der Waals surface area (Å²) in [7, 11) is 0. The Balaban J connectivity index is 2.16. The molecule has 2 aromatic carbocycles. The summed E-state index contributed by atoms with van der Waals surface area (Å²) >= 11 is 8.54. The zero-order chi connectivity index (χ0) is 21.6. The van der Waals surface area contributed by atoms with Crippen molar-refractivity contribution in [1.29, 1.82) is 0 Å². The minimum absolute atomic E-state index is 0.247. The van der Waals surface area contributed by atoms with Gasteiger partial charge in [-0.15, -0.1) is 0 Å². The summed E-state index contributed by atoms with van der Waals surface area (Å²) < 4.78 is 9.31. The van der Waals surface area contributed by atoms with Gasteiger partial charge in [0.05, 0.1) is 14.3 Å². The van der Waals surface area contributed by atoms with Crippen molar-refractivity contribution >= 4 is 96.3 Å². The number of carbonyl (C=O) groups is 1. The van der Waals surface area contributed by atoms with E-state index >= 15 is 0 Å². The van der Waals surface area contributed by atoms with Gasteiger partial charge >= 0.3 is 5.97 Å². The van der Waals surface area contributed by atoms with Crippen molar-refractivity contribution in [1.82, 2.24) is 5.32 Å². The number of carboxylic acids is 1. The molecule has 2 aromatic rings. The minimum atomic E-state index is -0.865. The molecule has 158 valence electrons. The number of phenolic OH excluding ortho intramolecular Hbond substituents is 1. The van der Waals surface area contributed by atoms with Crippen LogP contribution in [0.4, 0.5) is 0 Å². The fraction of sp³-hybridized carbons (Fsp3) is 0.316. The van der Waals surface area contributed by atoms with Gasteiger partial charge < -0.3 is 26.0 Å². The monoisotopic (exact) mass is 848 g/mol. The second-order valence-corrected chi connectivity index (χ2v) is 10.9. The van der Waals surface area contributed by atoms with E-state index in [-0.39, 0.29) is 5.75 Å². The first kappa shape index (κ1) is 25.6. The normalized spacial score (nSPS) is 12.0. The number of phenols is 1. The minimum Gasteiger partial charge on any atom is -0.506 e. The number of aromatic hydroxyl groups is 1. The maximum Gasteiger partial charge on any atom is 0.321 e. The van der Waals surface area contributed by atoms with Crippen molar-refractivity contribution in [2.45, 2.75) is 25.3 Å². The van der Waals surface area contributed by atoms with Crippen molar-refractivity contribution < 1.29 is 19.7 Å². The molecular weight excluding hydrogens is 828 g/mol. The van der Waals surface area contributed by atoms with Crippen LogP contribution in [0, 0.1) is 14.3 Å². The summed E-state index contributed by atoms with van der Waals surface area (Å²) in [5, 5.41) is 22.5. The predicted molar refractivity (Wildman–Crippen MR) is 147 cm³/mol. The summed E-state index contributed by atoms with van der Waals surface area (Å²) in [5.74, 6) is 0.744. The first-order chi connectivity index (χ1) is 13.7. The number of hydrogen-bond donors (Lipinski definition) is 4. The van der Waals surface area contributed by atoms with Crippen molar-refractivity contribution in [3.05, 3.63) is 44.1 Å². The molecule has 5 N–H and O–H groups in total. The molecule has 29 heavy (non-hydrogen) atoms. The quantitative estimate of drug-likeness (QED) is 0.200. The van der Waals surface area contributed by atoms with Gasteiger partial charge in [0.1, 0.15) is 17.5 Å². The van der Waals surface area contributed by atoms with Gasteiger partial charge in [-0.05, 0) is 153 Å². The smallest absolute Gasteiger partial charge is 0.321 e. The topological polar surface area (TPSA) is 105 Å². The van der Waals surface area contributed by atoms with E-state index in [0.29, 0.717) is 25.3 Å². The van der Waals surface area contributed by atoms with Crippen molar-refractivity contribution in [3.63, 3.8) is 0 Å². The van der Waals surface area contributed by atoms with E-state index in [4.69, 9.17) is 10.5 Å². The van der Waals surface area contributed by atoms with Gasteiger partial charge in [-0.2, -0.15) is 0 Å². The number of nitrogens with two attached hydrogens (primary N) is 1. The van der Waals surface area contributed by atoms with Gasteiger partial charge in [-0.3, -0.25) is 4.79 Å². The Labute approximate surface area is 224 Å². The molecule has 1 atom stereocenters. The van der Waals surface area contributed by atoms with Crippen LogP contribution in [-0.4, -0.2) is 35.3 Å². The summed E-state index contributed by atoms with van der Waals surface area (Å²) in [5.41, 5.74) is 6.41. The second kappa shape index (κ2) is 12.4. The molecule has 0 aliphatic carbocycles. The highest BCUT2D eigenvalue weighted by molar-refractivity contribution is 14.1. The van der Waals surface area contributed by atoms with E-state index in [2.05, 4.69) is 95.7 Å². The van der Waals surface area contributed by atoms with Crippen LogP contribution in [-0.2, 0) is 11.2 Å². The third kappa shape index (κ3) is 7.76. The number of unbranched alkanes of at least 4 members (excludes halogenated alkanes) is 1. The van der Waals surface area contributed by atoms with Crippen molar-refractivity contribution in [2.24, 2.45) is 5.73 Å². The summed E-state index contributed by atoms with van der Waals surface area (Å²) in [6.45, 7) is 1.23. The molecule has 0 radical (unpaired) electrons. The van der Waals surface area contributed by atoms with Crippen LogP contribution in [0.2, 0.25) is 0 Å². The first-order valence-corrected chi connectivity index (χ1v) is 13.0. The summed E-state index contributed by atoms with van der Waals surface area (Å²) in [6, 6.07) is 6.82. The molecule has 0 bridgehead atoms. The van der Waals surface area contributed by atoms with Gasteiger partial charge in [-0.25, -0.2) is 0 Å². The second-order valence-electron chi connectivity index (χ2n) is 6.27. The number of benzene rings is 2. The van der Waals surface area contributed by atoms with Gasteiger partial charge in [0.2, 0.25) is 0 Å². The van der Waals surface area contributed by atoms with Gasteiger partial charge in [0.25, 0.3) is 0 Å². The average molecular weight is 848 g/mol. The molecule has 0 aliphatic rings. The molecule has 0 aliphatic heterocycles. The van der Waals surface area contributed by atoms with Crippen LogP contribution in [0.3, 0.4) is 0 Å². The largest absolute Gasteiger partial charge is 0.506 e. The highest BCUT2D eigenvalue weighted by Gasteiger charge is 2.19. The molecule has 10 heteroatoms. The van der Waals surface area contributed by atoms with Crippen molar-refractivity contribution in [2.75, 3.05) is 13.1 Å². The van der Waals surface area contributed by atoms with Crippen LogP contribution in [0.15, 0.2) is 24.3 Å². The number of rotatable bonds is 10. The van der Waals surface area contributed by atoms with E-state index in [0.717, 1.165) is 38.4 Å². The maximum absolute atomic E-state index is 11.6. The Morgan fingerprint density at radius 2 is 1.62 bits per heavy atom. The Hall–Kier alpha value is 0.350. The standard InChI is InChI=1S/C19H20I4N2O4/c20-12-8-11(9-13(21)17(12)26)29-18-14(22)5-10(6-15(18)23)7-16(19(27)28)25-4-2-1-3-24/h5-6,8-9,16,25-26H,1-4,7,24H2,(H,27,28). The molecule has 2 rings (SSSR count). The molecule has 0 saturated heterocycles. The highest BCUT2D eigenvalue weighted by atomic mass is 127. The highest BCUT2D eigenvalue weighted by Crippen LogP contribution is 2.36. The lowest BCUT2D eigenvalue weighted by Crippen LogP contribution is -2.39. The van der Waals surface area contributed by atoms with E-state index in [9.17, 15) is 15.0 Å². The van der Waals surface area contributed by atoms with Gasteiger partial charge in [0.15, 0.2) is 5.75 Å². The fourth-order valence-electron chi connectivity index (χ4n) is 2.57. The molecule has 0 fully saturated rings. The molecular formula is C19H20I4N2O4.